The van der Waals surface area contributed by atoms with Gasteiger partial charge in [-0.2, -0.15) is 0 Å². The van der Waals surface area contributed by atoms with Gasteiger partial charge in [0.15, 0.2) is 16.6 Å². The van der Waals surface area contributed by atoms with Gasteiger partial charge in [-0.25, -0.2) is 0 Å². The Morgan fingerprint density at radius 3 is 2.50 bits per heavy atom. The van der Waals surface area contributed by atoms with E-state index in [9.17, 15) is 9.59 Å². The molecule has 1 aliphatic rings. The first-order valence-corrected chi connectivity index (χ1v) is 13.3. The Balaban J connectivity index is 1.46. The maximum absolute atomic E-state index is 13.3. The predicted molar refractivity (Wildman–Crippen MR) is 161 cm³/mol. The van der Waals surface area contributed by atoms with Crippen LogP contribution in [0.1, 0.15) is 16.7 Å². The van der Waals surface area contributed by atoms with Gasteiger partial charge >= 0.3 is 0 Å². The molecule has 1 heterocycles. The summed E-state index contributed by atoms with van der Waals surface area (Å²) in [6.45, 7) is 2.43. The van der Waals surface area contributed by atoms with Crippen LogP contribution in [0.5, 0.6) is 11.5 Å². The molecule has 5 rings (SSSR count). The van der Waals surface area contributed by atoms with Gasteiger partial charge in [-0.15, -0.1) is 0 Å². The van der Waals surface area contributed by atoms with Gasteiger partial charge in [0.1, 0.15) is 12.2 Å². The highest BCUT2D eigenvalue weighted by atomic mass is 127. The lowest BCUT2D eigenvalue weighted by atomic mass is 10.0. The van der Waals surface area contributed by atoms with Crippen LogP contribution in [0.2, 0.25) is 0 Å². The Bertz CT molecular complexity index is 1620. The molecule has 0 bridgehead atoms. The first-order chi connectivity index (χ1) is 18.4. The van der Waals surface area contributed by atoms with E-state index >= 15 is 0 Å². The van der Waals surface area contributed by atoms with Crippen molar-refractivity contribution in [1.82, 2.24) is 5.32 Å². The summed E-state index contributed by atoms with van der Waals surface area (Å²) < 4.78 is 12.7. The maximum atomic E-state index is 13.3. The van der Waals surface area contributed by atoms with E-state index in [1.54, 1.807) is 43.5 Å². The van der Waals surface area contributed by atoms with Crippen LogP contribution in [0.3, 0.4) is 0 Å². The maximum Gasteiger partial charge on any atom is 0.270 e. The lowest BCUT2D eigenvalue weighted by Gasteiger charge is -2.28. The monoisotopic (exact) mass is 634 g/mol. The van der Waals surface area contributed by atoms with E-state index < -0.39 is 11.8 Å². The number of carbonyl (C=O) groups excluding carboxylic acids is 2. The number of amides is 2. The lowest BCUT2D eigenvalue weighted by Crippen LogP contribution is -2.54. The molecule has 0 unspecified atom stereocenters. The first kappa shape index (κ1) is 25.9. The molecule has 0 atom stereocenters. The quantitative estimate of drug-likeness (QED) is 0.119. The lowest BCUT2D eigenvalue weighted by molar-refractivity contribution is -0.122. The van der Waals surface area contributed by atoms with Crippen molar-refractivity contribution in [3.8, 4) is 11.5 Å². The van der Waals surface area contributed by atoms with Crippen molar-refractivity contribution in [2.24, 2.45) is 0 Å². The van der Waals surface area contributed by atoms with Crippen molar-refractivity contribution in [1.29, 1.82) is 0 Å². The Kier molecular flexibility index (Phi) is 7.44. The minimum atomic E-state index is -0.548. The van der Waals surface area contributed by atoms with Crippen molar-refractivity contribution in [3.63, 3.8) is 0 Å². The number of para-hydroxylation sites is 1. The predicted octanol–water partition coefficient (Wildman–Crippen LogP) is 6.17. The Morgan fingerprint density at radius 1 is 1.00 bits per heavy atom. The van der Waals surface area contributed by atoms with Crippen molar-refractivity contribution >= 4 is 74.3 Å². The van der Waals surface area contributed by atoms with Crippen LogP contribution in [0, 0.1) is 10.5 Å². The summed E-state index contributed by atoms with van der Waals surface area (Å²) in [4.78, 5) is 27.4. The standard InChI is InChI=1S/C30H23IN2O4S/c1-18-12-13-20-8-6-7-11-22(20)24(18)17-37-27-25(31)15-19(16-26(27)36-2)14-23-28(34)32-30(38)33(29(23)35)21-9-4-3-5-10-21/h3-16H,17H2,1-2H3,(H,32,34,38)/b23-14-. The van der Waals surface area contributed by atoms with Gasteiger partial charge in [0.05, 0.1) is 16.4 Å². The number of carbonyl (C=O) groups is 2. The fourth-order valence-corrected chi connectivity index (χ4v) is 5.44. The van der Waals surface area contributed by atoms with Crippen LogP contribution in [0.25, 0.3) is 16.8 Å². The number of rotatable bonds is 6. The van der Waals surface area contributed by atoms with Crippen molar-refractivity contribution in [2.45, 2.75) is 13.5 Å². The largest absolute Gasteiger partial charge is 0.493 e. The summed E-state index contributed by atoms with van der Waals surface area (Å²) in [5, 5.41) is 4.95. The number of methoxy groups -OCH3 is 1. The Morgan fingerprint density at radius 2 is 1.74 bits per heavy atom. The number of anilines is 1. The molecule has 1 aliphatic heterocycles. The molecule has 0 aliphatic carbocycles. The van der Waals surface area contributed by atoms with Crippen LogP contribution >= 0.6 is 34.8 Å². The molecule has 1 N–H and O–H groups in total. The number of nitrogens with zero attached hydrogens (tertiary/aromatic N) is 1. The number of fused-ring (bicyclic) bond motifs is 1. The minimum Gasteiger partial charge on any atom is -0.493 e. The molecular formula is C30H23IN2O4S. The van der Waals surface area contributed by atoms with Crippen LogP contribution in [-0.4, -0.2) is 24.0 Å². The van der Waals surface area contributed by atoms with Crippen molar-refractivity contribution in [3.05, 3.63) is 105 Å². The number of nitrogens with one attached hydrogen (secondary N) is 1. The molecule has 1 fully saturated rings. The third kappa shape index (κ3) is 5.01. The van der Waals surface area contributed by atoms with Gasteiger partial charge in [0.2, 0.25) is 0 Å². The van der Waals surface area contributed by atoms with Gasteiger partial charge in [0, 0.05) is 5.56 Å². The second-order valence-corrected chi connectivity index (χ2v) is 10.2. The summed E-state index contributed by atoms with van der Waals surface area (Å²) in [5.41, 5.74) is 3.42. The van der Waals surface area contributed by atoms with Crippen LogP contribution in [0.4, 0.5) is 5.69 Å². The van der Waals surface area contributed by atoms with Crippen LogP contribution in [-0.2, 0) is 16.2 Å². The van der Waals surface area contributed by atoms with Crippen LogP contribution in [0.15, 0.2) is 84.4 Å². The van der Waals surface area contributed by atoms with E-state index in [4.69, 9.17) is 21.7 Å². The zero-order valence-corrected chi connectivity index (χ0v) is 23.6. The van der Waals surface area contributed by atoms with E-state index in [1.165, 1.54) is 4.90 Å². The van der Waals surface area contributed by atoms with Crippen molar-refractivity contribution in [2.75, 3.05) is 12.0 Å². The molecule has 4 aromatic carbocycles. The fourth-order valence-electron chi connectivity index (χ4n) is 4.38. The van der Waals surface area contributed by atoms with E-state index in [0.717, 1.165) is 25.5 Å². The summed E-state index contributed by atoms with van der Waals surface area (Å²) in [5.74, 6) is 0.0495. The Hall–Kier alpha value is -3.76. The number of ether oxygens (including phenoxy) is 2. The highest BCUT2D eigenvalue weighted by Gasteiger charge is 2.34. The number of benzene rings is 4. The molecule has 0 aromatic heterocycles. The molecule has 2 amide bonds. The molecule has 38 heavy (non-hydrogen) atoms. The summed E-state index contributed by atoms with van der Waals surface area (Å²) >= 11 is 7.45. The molecule has 4 aromatic rings. The second kappa shape index (κ2) is 10.9. The molecule has 0 radical (unpaired) electrons. The second-order valence-electron chi connectivity index (χ2n) is 8.70. The van der Waals surface area contributed by atoms with Crippen molar-refractivity contribution < 1.29 is 19.1 Å². The molecule has 6 nitrogen and oxygen atoms in total. The van der Waals surface area contributed by atoms with E-state index in [0.29, 0.717) is 29.4 Å². The molecule has 0 spiro atoms. The van der Waals surface area contributed by atoms with Gasteiger partial charge in [-0.3, -0.25) is 19.8 Å². The third-order valence-electron chi connectivity index (χ3n) is 6.31. The van der Waals surface area contributed by atoms with E-state index in [1.807, 2.05) is 24.3 Å². The topological polar surface area (TPSA) is 67.9 Å². The van der Waals surface area contributed by atoms with Gasteiger partial charge < -0.3 is 9.47 Å². The molecular weight excluding hydrogens is 611 g/mol. The Labute approximate surface area is 239 Å². The summed E-state index contributed by atoms with van der Waals surface area (Å²) in [6, 6.07) is 25.0. The molecule has 8 heteroatoms. The molecule has 190 valence electrons. The summed E-state index contributed by atoms with van der Waals surface area (Å²) in [7, 11) is 1.56. The van der Waals surface area contributed by atoms with Gasteiger partial charge in [-0.05, 0) is 94.0 Å². The zero-order valence-electron chi connectivity index (χ0n) is 20.7. The highest BCUT2D eigenvalue weighted by molar-refractivity contribution is 14.1. The molecule has 1 saturated heterocycles. The number of aryl methyl sites for hydroxylation is 1. The molecule has 0 saturated carbocycles. The third-order valence-corrected chi connectivity index (χ3v) is 7.40. The number of thiocarbonyl (C=S) groups is 1. The highest BCUT2D eigenvalue weighted by Crippen LogP contribution is 2.36. The SMILES string of the molecule is COc1cc(/C=C2/C(=O)NC(=S)N(c3ccccc3)C2=O)cc(I)c1OCc1c(C)ccc2ccccc12. The van der Waals surface area contributed by atoms with Gasteiger partial charge in [0.25, 0.3) is 11.8 Å². The number of hydrogen-bond acceptors (Lipinski definition) is 5. The van der Waals surface area contributed by atoms with E-state index in [2.05, 4.69) is 59.1 Å². The normalized spacial score (nSPS) is 14.7. The fraction of sp³-hybridized carbons (Fsp3) is 0.100. The number of halogens is 1. The van der Waals surface area contributed by atoms with E-state index in [-0.39, 0.29) is 10.7 Å². The minimum absolute atomic E-state index is 0.0274. The average Bonchev–Trinajstić information content (AvgIpc) is 2.91. The first-order valence-electron chi connectivity index (χ1n) is 11.8. The average molecular weight is 634 g/mol. The smallest absolute Gasteiger partial charge is 0.270 e. The van der Waals surface area contributed by atoms with Crippen LogP contribution < -0.4 is 19.7 Å². The zero-order chi connectivity index (χ0) is 26.8. The van der Waals surface area contributed by atoms with Gasteiger partial charge in [-0.1, -0.05) is 54.6 Å². The number of hydrogen-bond donors (Lipinski definition) is 1. The summed E-state index contributed by atoms with van der Waals surface area (Å²) in [6.07, 6.45) is 1.54.